The second-order valence-corrected chi connectivity index (χ2v) is 5.44. The number of allylic oxidation sites excluding steroid dienone is 2. The van der Waals surface area contributed by atoms with Crippen molar-refractivity contribution in [3.63, 3.8) is 0 Å². The molecule has 0 bridgehead atoms. The predicted octanol–water partition coefficient (Wildman–Crippen LogP) is 3.14. The molecule has 2 rings (SSSR count). The molecule has 0 saturated heterocycles. The first-order chi connectivity index (χ1) is 6.65. The normalized spacial score (nSPS) is 35.2. The molecule has 0 radical (unpaired) electrons. The molecule has 80 valence electrons. The third-order valence-electron chi connectivity index (χ3n) is 3.64. The highest BCUT2D eigenvalue weighted by atomic mass is 16.3. The number of aliphatic hydroxyl groups excluding tert-OH is 1. The lowest BCUT2D eigenvalue weighted by atomic mass is 9.79. The van der Waals surface area contributed by atoms with E-state index in [1.807, 2.05) is 0 Å². The first-order valence-electron chi connectivity index (χ1n) is 6.00. The van der Waals surface area contributed by atoms with Crippen LogP contribution in [0.15, 0.2) is 11.6 Å². The number of hydrogen-bond donors (Lipinski definition) is 1. The summed E-state index contributed by atoms with van der Waals surface area (Å²) in [5.74, 6) is 2.06. The molecule has 2 aliphatic carbocycles. The molecule has 1 N–H and O–H groups in total. The van der Waals surface area contributed by atoms with Crippen LogP contribution in [0.5, 0.6) is 0 Å². The molecule has 0 aromatic rings. The highest BCUT2D eigenvalue weighted by Gasteiger charge is 2.30. The lowest BCUT2D eigenvalue weighted by Crippen LogP contribution is -2.25. The molecule has 3 unspecified atom stereocenters. The van der Waals surface area contributed by atoms with Gasteiger partial charge in [0.25, 0.3) is 0 Å². The lowest BCUT2D eigenvalue weighted by Gasteiger charge is -2.29. The Bertz CT molecular complexity index is 227. The fourth-order valence-electron chi connectivity index (χ4n) is 2.78. The summed E-state index contributed by atoms with van der Waals surface area (Å²) in [6.07, 6.45) is 8.41. The number of hydrogen-bond acceptors (Lipinski definition) is 1. The molecule has 1 heteroatoms. The highest BCUT2D eigenvalue weighted by molar-refractivity contribution is 5.07. The van der Waals surface area contributed by atoms with Gasteiger partial charge in [0.05, 0.1) is 6.10 Å². The monoisotopic (exact) mass is 194 g/mol. The smallest absolute Gasteiger partial charge is 0.0574 e. The van der Waals surface area contributed by atoms with Crippen molar-refractivity contribution < 1.29 is 5.11 Å². The molecule has 0 aromatic carbocycles. The minimum atomic E-state index is -0.0337. The van der Waals surface area contributed by atoms with E-state index in [0.717, 1.165) is 18.8 Å². The van der Waals surface area contributed by atoms with E-state index >= 15 is 0 Å². The molecule has 0 spiro atoms. The zero-order valence-electron chi connectivity index (χ0n) is 9.37. The van der Waals surface area contributed by atoms with E-state index in [4.69, 9.17) is 0 Å². The Balaban J connectivity index is 1.87. The van der Waals surface area contributed by atoms with E-state index in [-0.39, 0.29) is 6.10 Å². The molecule has 1 nitrogen and oxygen atoms in total. The van der Waals surface area contributed by atoms with E-state index in [9.17, 15) is 5.11 Å². The summed E-state index contributed by atoms with van der Waals surface area (Å²) in [5, 5.41) is 10.1. The quantitative estimate of drug-likeness (QED) is 0.684. The standard InChI is InChI=1S/C13H22O/c1-9-5-10(2)7-12(6-9)13(14)8-11-3-4-11/h5,9,11-14H,3-4,6-8H2,1-2H3. The molecular formula is C13H22O. The van der Waals surface area contributed by atoms with Crippen molar-refractivity contribution in [2.45, 2.75) is 52.1 Å². The molecule has 1 fully saturated rings. The molecule has 1 saturated carbocycles. The van der Waals surface area contributed by atoms with Crippen molar-refractivity contribution in [1.82, 2.24) is 0 Å². The van der Waals surface area contributed by atoms with Crippen LogP contribution in [0, 0.1) is 17.8 Å². The Kier molecular flexibility index (Phi) is 2.96. The van der Waals surface area contributed by atoms with Crippen LogP contribution < -0.4 is 0 Å². The molecule has 14 heavy (non-hydrogen) atoms. The fraction of sp³-hybridized carbons (Fsp3) is 0.846. The van der Waals surface area contributed by atoms with Crippen molar-refractivity contribution >= 4 is 0 Å². The van der Waals surface area contributed by atoms with Gasteiger partial charge in [0.2, 0.25) is 0 Å². The van der Waals surface area contributed by atoms with Gasteiger partial charge in [-0.1, -0.05) is 31.4 Å². The number of rotatable bonds is 3. The van der Waals surface area contributed by atoms with Crippen LogP contribution in [0.25, 0.3) is 0 Å². The average Bonchev–Trinajstić information content (AvgIpc) is 2.86. The van der Waals surface area contributed by atoms with Crippen LogP contribution in [0.2, 0.25) is 0 Å². The van der Waals surface area contributed by atoms with Gasteiger partial charge in [-0.15, -0.1) is 0 Å². The Morgan fingerprint density at radius 1 is 1.50 bits per heavy atom. The van der Waals surface area contributed by atoms with Gasteiger partial charge in [0.15, 0.2) is 0 Å². The fourth-order valence-corrected chi connectivity index (χ4v) is 2.78. The second-order valence-electron chi connectivity index (χ2n) is 5.44. The Morgan fingerprint density at radius 3 is 2.79 bits per heavy atom. The third-order valence-corrected chi connectivity index (χ3v) is 3.64. The maximum Gasteiger partial charge on any atom is 0.0574 e. The van der Waals surface area contributed by atoms with E-state index in [1.165, 1.54) is 24.8 Å². The summed E-state index contributed by atoms with van der Waals surface area (Å²) in [4.78, 5) is 0. The van der Waals surface area contributed by atoms with Crippen molar-refractivity contribution in [2.24, 2.45) is 17.8 Å². The molecule has 0 aromatic heterocycles. The number of aliphatic hydroxyl groups is 1. The Labute approximate surface area is 87.2 Å². The average molecular weight is 194 g/mol. The zero-order chi connectivity index (χ0) is 10.1. The van der Waals surface area contributed by atoms with Gasteiger partial charge in [-0.3, -0.25) is 0 Å². The zero-order valence-corrected chi connectivity index (χ0v) is 9.37. The van der Waals surface area contributed by atoms with Gasteiger partial charge >= 0.3 is 0 Å². The van der Waals surface area contributed by atoms with Crippen LogP contribution >= 0.6 is 0 Å². The van der Waals surface area contributed by atoms with Gasteiger partial charge in [-0.2, -0.15) is 0 Å². The van der Waals surface area contributed by atoms with E-state index < -0.39 is 0 Å². The molecule has 2 aliphatic rings. The largest absolute Gasteiger partial charge is 0.393 e. The topological polar surface area (TPSA) is 20.2 Å². The van der Waals surface area contributed by atoms with Crippen molar-refractivity contribution in [1.29, 1.82) is 0 Å². The third kappa shape index (κ3) is 2.60. The van der Waals surface area contributed by atoms with Gasteiger partial charge in [-0.05, 0) is 43.9 Å². The van der Waals surface area contributed by atoms with Crippen LogP contribution in [0.1, 0.15) is 46.0 Å². The van der Waals surface area contributed by atoms with Gasteiger partial charge in [-0.25, -0.2) is 0 Å². The van der Waals surface area contributed by atoms with E-state index in [1.54, 1.807) is 0 Å². The summed E-state index contributed by atoms with van der Waals surface area (Å²) >= 11 is 0. The summed E-state index contributed by atoms with van der Waals surface area (Å²) in [6, 6.07) is 0. The van der Waals surface area contributed by atoms with Crippen LogP contribution in [-0.4, -0.2) is 11.2 Å². The molecule has 0 aliphatic heterocycles. The first kappa shape index (κ1) is 10.2. The summed E-state index contributed by atoms with van der Waals surface area (Å²) in [6.45, 7) is 4.46. The molecule has 3 atom stereocenters. The maximum atomic E-state index is 10.1. The highest BCUT2D eigenvalue weighted by Crippen LogP contribution is 2.38. The van der Waals surface area contributed by atoms with E-state index in [0.29, 0.717) is 11.8 Å². The van der Waals surface area contributed by atoms with Crippen LogP contribution in [0.3, 0.4) is 0 Å². The van der Waals surface area contributed by atoms with Crippen LogP contribution in [0.4, 0.5) is 0 Å². The first-order valence-corrected chi connectivity index (χ1v) is 6.00. The summed E-state index contributed by atoms with van der Waals surface area (Å²) in [5.41, 5.74) is 1.48. The second kappa shape index (κ2) is 4.06. The Hall–Kier alpha value is -0.300. The molecular weight excluding hydrogens is 172 g/mol. The van der Waals surface area contributed by atoms with Gasteiger partial charge in [0, 0.05) is 0 Å². The predicted molar refractivity (Wildman–Crippen MR) is 59.0 cm³/mol. The Morgan fingerprint density at radius 2 is 2.21 bits per heavy atom. The lowest BCUT2D eigenvalue weighted by molar-refractivity contribution is 0.0799. The van der Waals surface area contributed by atoms with E-state index in [2.05, 4.69) is 19.9 Å². The van der Waals surface area contributed by atoms with Gasteiger partial charge in [0.1, 0.15) is 0 Å². The van der Waals surface area contributed by atoms with Gasteiger partial charge < -0.3 is 5.11 Å². The van der Waals surface area contributed by atoms with Crippen molar-refractivity contribution in [3.05, 3.63) is 11.6 Å². The molecule has 0 heterocycles. The van der Waals surface area contributed by atoms with Crippen LogP contribution in [-0.2, 0) is 0 Å². The maximum absolute atomic E-state index is 10.1. The SMILES string of the molecule is CC1=CC(C)CC(C(O)CC2CC2)C1. The minimum absolute atomic E-state index is 0.0337. The summed E-state index contributed by atoms with van der Waals surface area (Å²) < 4.78 is 0. The summed E-state index contributed by atoms with van der Waals surface area (Å²) in [7, 11) is 0. The van der Waals surface area contributed by atoms with Crippen molar-refractivity contribution in [2.75, 3.05) is 0 Å². The van der Waals surface area contributed by atoms with Crippen molar-refractivity contribution in [3.8, 4) is 0 Å². The minimum Gasteiger partial charge on any atom is -0.393 e. The molecule has 0 amide bonds.